The van der Waals surface area contributed by atoms with Gasteiger partial charge in [-0.3, -0.25) is 0 Å². The second-order valence-corrected chi connectivity index (χ2v) is 7.85. The number of fused-ring (bicyclic) bond motifs is 1. The van der Waals surface area contributed by atoms with E-state index < -0.39 is 5.41 Å². The van der Waals surface area contributed by atoms with Crippen LogP contribution in [0.15, 0.2) is 24.3 Å². The number of aryl methyl sites for hydroxylation is 2. The number of hydrogen-bond acceptors (Lipinski definition) is 3. The second kappa shape index (κ2) is 6.74. The van der Waals surface area contributed by atoms with Crippen LogP contribution in [0, 0.1) is 36.4 Å². The molecule has 2 aromatic rings. The molecule has 4 heteroatoms. The first-order valence-corrected chi connectivity index (χ1v) is 8.96. The molecule has 3 rings (SSSR count). The maximum absolute atomic E-state index is 14.2. The number of rotatable bonds is 4. The van der Waals surface area contributed by atoms with E-state index in [1.54, 1.807) is 0 Å². The Labute approximate surface area is 154 Å². The number of nitriles is 1. The van der Waals surface area contributed by atoms with E-state index in [0.29, 0.717) is 12.2 Å². The second-order valence-electron chi connectivity index (χ2n) is 7.85. The Morgan fingerprint density at radius 1 is 1.27 bits per heavy atom. The molecule has 136 valence electrons. The van der Waals surface area contributed by atoms with Crippen LogP contribution in [0.1, 0.15) is 48.6 Å². The molecule has 2 aromatic carbocycles. The van der Waals surface area contributed by atoms with Crippen LogP contribution in [0.25, 0.3) is 11.1 Å². The highest BCUT2D eigenvalue weighted by atomic mass is 19.1. The fourth-order valence-electron chi connectivity index (χ4n) is 3.71. The summed E-state index contributed by atoms with van der Waals surface area (Å²) in [6, 6.07) is 9.38. The molecule has 0 unspecified atom stereocenters. The van der Waals surface area contributed by atoms with E-state index in [9.17, 15) is 4.39 Å². The zero-order chi connectivity index (χ0) is 19.1. The normalized spacial score (nSPS) is 16.3. The van der Waals surface area contributed by atoms with Gasteiger partial charge in [0.05, 0.1) is 11.5 Å². The lowest BCUT2D eigenvalue weighted by Gasteiger charge is -2.19. The van der Waals surface area contributed by atoms with Crippen molar-refractivity contribution < 1.29 is 9.13 Å². The van der Waals surface area contributed by atoms with Crippen LogP contribution >= 0.6 is 0 Å². The van der Waals surface area contributed by atoms with Crippen molar-refractivity contribution in [3.63, 3.8) is 0 Å². The monoisotopic (exact) mass is 352 g/mol. The van der Waals surface area contributed by atoms with Crippen molar-refractivity contribution in [3.8, 4) is 22.9 Å². The Morgan fingerprint density at radius 3 is 2.54 bits per heavy atom. The van der Waals surface area contributed by atoms with Gasteiger partial charge in [-0.25, -0.2) is 4.39 Å². The number of ether oxygens (including phenoxy) is 1. The van der Waals surface area contributed by atoms with Crippen molar-refractivity contribution >= 4 is 0 Å². The van der Waals surface area contributed by atoms with Gasteiger partial charge in [0.1, 0.15) is 18.2 Å². The molecule has 2 N–H and O–H groups in total. The van der Waals surface area contributed by atoms with Crippen molar-refractivity contribution in [3.05, 3.63) is 52.3 Å². The number of halogens is 1. The van der Waals surface area contributed by atoms with Gasteiger partial charge in [0, 0.05) is 11.6 Å². The van der Waals surface area contributed by atoms with E-state index in [4.69, 9.17) is 15.7 Å². The molecule has 0 amide bonds. The Morgan fingerprint density at radius 2 is 1.92 bits per heavy atom. The van der Waals surface area contributed by atoms with E-state index in [1.165, 1.54) is 6.07 Å². The van der Waals surface area contributed by atoms with Crippen molar-refractivity contribution in [2.24, 2.45) is 11.1 Å². The molecule has 0 saturated heterocycles. The van der Waals surface area contributed by atoms with Gasteiger partial charge in [-0.05, 0) is 86.6 Å². The Balaban J connectivity index is 2.00. The summed E-state index contributed by atoms with van der Waals surface area (Å²) < 4.78 is 20.1. The van der Waals surface area contributed by atoms with Gasteiger partial charge < -0.3 is 10.5 Å². The summed E-state index contributed by atoms with van der Waals surface area (Å²) in [7, 11) is 0. The molecule has 0 bridgehead atoms. The highest BCUT2D eigenvalue weighted by molar-refractivity contribution is 5.76. The van der Waals surface area contributed by atoms with Crippen molar-refractivity contribution in [2.75, 3.05) is 6.61 Å². The zero-order valence-corrected chi connectivity index (χ0v) is 15.8. The summed E-state index contributed by atoms with van der Waals surface area (Å²) in [5, 5.41) is 9.14. The molecular formula is C22H25FN2O. The smallest absolute Gasteiger partial charge is 0.128 e. The number of nitrogens with zero attached hydrogens (tertiary/aromatic N) is 1. The lowest BCUT2D eigenvalue weighted by atomic mass is 9.90. The molecular weight excluding hydrogens is 327 g/mol. The molecule has 1 atom stereocenters. The van der Waals surface area contributed by atoms with Crippen LogP contribution < -0.4 is 10.5 Å². The number of nitrogens with two attached hydrogens (primary N) is 1. The number of benzene rings is 2. The Kier molecular flexibility index (Phi) is 4.77. The molecule has 1 aliphatic rings. The van der Waals surface area contributed by atoms with Gasteiger partial charge in [0.25, 0.3) is 0 Å². The average Bonchev–Trinajstić information content (AvgIpc) is 2.97. The highest BCUT2D eigenvalue weighted by Crippen LogP contribution is 2.41. The molecule has 0 heterocycles. The topological polar surface area (TPSA) is 59.0 Å². The summed E-state index contributed by atoms with van der Waals surface area (Å²) >= 11 is 0. The third-order valence-corrected chi connectivity index (χ3v) is 5.06. The van der Waals surface area contributed by atoms with E-state index in [1.807, 2.05) is 45.9 Å². The van der Waals surface area contributed by atoms with Crippen LogP contribution in [0.5, 0.6) is 5.75 Å². The zero-order valence-electron chi connectivity index (χ0n) is 15.8. The highest BCUT2D eigenvalue weighted by Gasteiger charge is 2.27. The third-order valence-electron chi connectivity index (χ3n) is 5.06. The summed E-state index contributed by atoms with van der Waals surface area (Å²) in [6.45, 7) is 8.12. The van der Waals surface area contributed by atoms with Gasteiger partial charge in [0.2, 0.25) is 0 Å². The quantitative estimate of drug-likeness (QED) is 0.844. The maximum Gasteiger partial charge on any atom is 0.128 e. The molecule has 0 spiro atoms. The van der Waals surface area contributed by atoms with Crippen LogP contribution in [-0.2, 0) is 6.42 Å². The summed E-state index contributed by atoms with van der Waals surface area (Å²) in [5.41, 5.74) is 11.6. The maximum atomic E-state index is 14.2. The fraction of sp³-hybridized carbons (Fsp3) is 0.409. The van der Waals surface area contributed by atoms with Crippen LogP contribution in [0.2, 0.25) is 0 Å². The number of hydrogen-bond donors (Lipinski definition) is 1. The minimum absolute atomic E-state index is 0.206. The fourth-order valence-corrected chi connectivity index (χ4v) is 3.71. The molecule has 3 nitrogen and oxygen atoms in total. The van der Waals surface area contributed by atoms with Crippen molar-refractivity contribution in [1.82, 2.24) is 0 Å². The third kappa shape index (κ3) is 3.32. The van der Waals surface area contributed by atoms with Gasteiger partial charge >= 0.3 is 0 Å². The van der Waals surface area contributed by atoms with E-state index in [0.717, 1.165) is 46.4 Å². The van der Waals surface area contributed by atoms with Crippen molar-refractivity contribution in [1.29, 1.82) is 5.26 Å². The van der Waals surface area contributed by atoms with Crippen LogP contribution in [0.4, 0.5) is 4.39 Å². The molecule has 0 aliphatic heterocycles. The van der Waals surface area contributed by atoms with Gasteiger partial charge in [-0.15, -0.1) is 0 Å². The van der Waals surface area contributed by atoms with Crippen molar-refractivity contribution in [2.45, 2.75) is 46.6 Å². The SMILES string of the molecule is Cc1cc(OCC(C)(C)C#N)cc(C)c1-c1ccc(F)c2c1CC[C@H]2N. The largest absolute Gasteiger partial charge is 0.492 e. The van der Waals surface area contributed by atoms with Gasteiger partial charge in [-0.2, -0.15) is 5.26 Å². The lowest BCUT2D eigenvalue weighted by molar-refractivity contribution is 0.227. The molecule has 0 fully saturated rings. The first-order chi connectivity index (χ1) is 12.2. The minimum Gasteiger partial charge on any atom is -0.492 e. The first kappa shape index (κ1) is 18.4. The van der Waals surface area contributed by atoms with Gasteiger partial charge in [-0.1, -0.05) is 6.07 Å². The standard InChI is InChI=1S/C22H25FN2O/c1-13-9-15(26-12-22(3,4)11-24)10-14(2)20(13)16-5-7-18(23)21-17(16)6-8-19(21)25/h5,7,9-10,19H,6,8,12,25H2,1-4H3/t19-/m1/s1. The summed E-state index contributed by atoms with van der Waals surface area (Å²) in [5.74, 6) is 0.547. The summed E-state index contributed by atoms with van der Waals surface area (Å²) in [4.78, 5) is 0. The first-order valence-electron chi connectivity index (χ1n) is 8.96. The molecule has 26 heavy (non-hydrogen) atoms. The summed E-state index contributed by atoms with van der Waals surface area (Å²) in [6.07, 6.45) is 1.59. The molecule has 1 aliphatic carbocycles. The average molecular weight is 352 g/mol. The Bertz CT molecular complexity index is 873. The van der Waals surface area contributed by atoms with Gasteiger partial charge in [0.15, 0.2) is 0 Å². The molecule has 0 saturated carbocycles. The van der Waals surface area contributed by atoms with Crippen LogP contribution in [-0.4, -0.2) is 6.61 Å². The predicted molar refractivity (Wildman–Crippen MR) is 101 cm³/mol. The molecule has 0 radical (unpaired) electrons. The van der Waals surface area contributed by atoms with E-state index >= 15 is 0 Å². The van der Waals surface area contributed by atoms with Crippen LogP contribution in [0.3, 0.4) is 0 Å². The van der Waals surface area contributed by atoms with E-state index in [-0.39, 0.29) is 11.9 Å². The minimum atomic E-state index is -0.533. The lowest BCUT2D eigenvalue weighted by Crippen LogP contribution is -2.19. The molecule has 0 aromatic heterocycles. The van der Waals surface area contributed by atoms with E-state index in [2.05, 4.69) is 6.07 Å². The Hall–Kier alpha value is -2.38. The predicted octanol–water partition coefficient (Wildman–Crippen LogP) is 4.98.